The predicted octanol–water partition coefficient (Wildman–Crippen LogP) is 3.11. The molecule has 0 radical (unpaired) electrons. The third kappa shape index (κ3) is 5.47. The van der Waals surface area contributed by atoms with Crippen molar-refractivity contribution in [2.75, 3.05) is 11.5 Å². The van der Waals surface area contributed by atoms with E-state index in [1.165, 1.54) is 6.42 Å². The highest BCUT2D eigenvalue weighted by Crippen LogP contribution is 2.43. The lowest BCUT2D eigenvalue weighted by Crippen LogP contribution is -2.60. The summed E-state index contributed by atoms with van der Waals surface area (Å²) < 4.78 is 46.1. The molecule has 4 aliphatic rings. The standard InChI is InChI=1S/C10H15NO3S.C9H17NO2S.CH4.ClH/c12-8-11-10(5-2-1-3-6-10)9-4-7-15(9,13)14;10-9(5-2-1-3-6-9)8-4-7-13(8,11)12;;/h9H,1-7H2;8H,1-7,10H2;1H4;1H/t9-;8-;;/m00../s1. The zero-order chi connectivity index (χ0) is 20.5. The van der Waals surface area contributed by atoms with Gasteiger partial charge in [-0.2, -0.15) is 4.99 Å². The quantitative estimate of drug-likeness (QED) is 0.484. The van der Waals surface area contributed by atoms with E-state index in [1.54, 1.807) is 6.08 Å². The highest BCUT2D eigenvalue weighted by Gasteiger charge is 2.52. The van der Waals surface area contributed by atoms with E-state index in [9.17, 15) is 21.6 Å². The second-order valence-corrected chi connectivity index (χ2v) is 13.6. The molecule has 0 spiro atoms. The largest absolute Gasteiger partial charge is 0.324 e. The Hall–Kier alpha value is -0.470. The van der Waals surface area contributed by atoms with Crippen LogP contribution in [0.5, 0.6) is 0 Å². The van der Waals surface area contributed by atoms with Gasteiger partial charge in [-0.1, -0.05) is 46.0 Å². The van der Waals surface area contributed by atoms with Gasteiger partial charge < -0.3 is 5.73 Å². The molecule has 2 N–H and O–H groups in total. The van der Waals surface area contributed by atoms with Gasteiger partial charge in [-0.25, -0.2) is 21.6 Å². The molecule has 4 fully saturated rings. The van der Waals surface area contributed by atoms with E-state index in [2.05, 4.69) is 4.99 Å². The molecule has 2 saturated heterocycles. The third-order valence-electron chi connectivity index (χ3n) is 7.21. The summed E-state index contributed by atoms with van der Waals surface area (Å²) in [6, 6.07) is 0. The van der Waals surface area contributed by atoms with Gasteiger partial charge in [0.2, 0.25) is 6.08 Å². The molecule has 0 unspecified atom stereocenters. The molecule has 10 heteroatoms. The SMILES string of the molecule is C.Cl.NC1([C@@H]2CCS2(=O)=O)CCCCC1.O=C=NC1([C@@H]2CCS2(=O)=O)CCCCC1. The topological polar surface area (TPSA) is 124 Å². The molecule has 2 aliphatic heterocycles. The van der Waals surface area contributed by atoms with Gasteiger partial charge in [-0.3, -0.25) is 0 Å². The van der Waals surface area contributed by atoms with Crippen LogP contribution in [0, 0.1) is 0 Å². The molecule has 0 aromatic rings. The van der Waals surface area contributed by atoms with Crippen LogP contribution in [0.25, 0.3) is 0 Å². The van der Waals surface area contributed by atoms with E-state index in [1.807, 2.05) is 0 Å². The molecule has 0 bridgehead atoms. The van der Waals surface area contributed by atoms with Crippen molar-refractivity contribution >= 4 is 38.2 Å². The number of hydrogen-bond acceptors (Lipinski definition) is 7. The number of carbonyl (C=O) groups excluding carboxylic acids is 1. The average Bonchev–Trinajstić information content (AvgIpc) is 2.62. The van der Waals surface area contributed by atoms with E-state index in [4.69, 9.17) is 5.73 Å². The van der Waals surface area contributed by atoms with Crippen LogP contribution in [0.2, 0.25) is 0 Å². The molecule has 0 aromatic carbocycles. The smallest absolute Gasteiger partial charge is 0.235 e. The molecular formula is C20H37ClN2O5S2. The minimum absolute atomic E-state index is 0. The molecular weight excluding hydrogens is 448 g/mol. The number of nitrogens with two attached hydrogens (primary N) is 1. The first-order valence-electron chi connectivity index (χ1n) is 10.5. The van der Waals surface area contributed by atoms with Crippen molar-refractivity contribution in [2.45, 2.75) is 106 Å². The summed E-state index contributed by atoms with van der Waals surface area (Å²) in [5, 5.41) is -0.632. The average molecular weight is 485 g/mol. The van der Waals surface area contributed by atoms with E-state index in [0.29, 0.717) is 12.2 Å². The summed E-state index contributed by atoms with van der Waals surface area (Å²) in [4.78, 5) is 14.3. The Morgan fingerprint density at radius 2 is 1.20 bits per heavy atom. The van der Waals surface area contributed by atoms with Gasteiger partial charge in [0, 0.05) is 5.54 Å². The van der Waals surface area contributed by atoms with E-state index >= 15 is 0 Å². The van der Waals surface area contributed by atoms with Gasteiger partial charge >= 0.3 is 0 Å². The van der Waals surface area contributed by atoms with Crippen LogP contribution in [0.4, 0.5) is 0 Å². The van der Waals surface area contributed by atoms with Crippen LogP contribution >= 0.6 is 12.4 Å². The lowest BCUT2D eigenvalue weighted by atomic mass is 9.78. The van der Waals surface area contributed by atoms with Gasteiger partial charge in [0.05, 0.1) is 27.5 Å². The van der Waals surface area contributed by atoms with Crippen molar-refractivity contribution in [3.05, 3.63) is 0 Å². The van der Waals surface area contributed by atoms with Crippen molar-refractivity contribution in [3.8, 4) is 0 Å². The Bertz CT molecular complexity index is 825. The summed E-state index contributed by atoms with van der Waals surface area (Å²) in [5.41, 5.74) is 5.15. The molecule has 4 rings (SSSR count). The van der Waals surface area contributed by atoms with E-state index in [0.717, 1.165) is 64.2 Å². The zero-order valence-electron chi connectivity index (χ0n) is 16.8. The van der Waals surface area contributed by atoms with E-state index < -0.39 is 30.5 Å². The van der Waals surface area contributed by atoms with Gasteiger partial charge in [0.15, 0.2) is 19.7 Å². The number of rotatable bonds is 3. The van der Waals surface area contributed by atoms with Gasteiger partial charge in [-0.05, 0) is 38.5 Å². The third-order valence-corrected chi connectivity index (χ3v) is 11.9. The second-order valence-electron chi connectivity index (χ2n) is 8.95. The molecule has 2 saturated carbocycles. The fourth-order valence-electron chi connectivity index (χ4n) is 5.40. The number of aliphatic imine (C=N–C) groups is 1. The van der Waals surface area contributed by atoms with Crippen molar-refractivity contribution in [3.63, 3.8) is 0 Å². The summed E-state index contributed by atoms with van der Waals surface area (Å²) in [6.45, 7) is 0. The Morgan fingerprint density at radius 1 is 0.767 bits per heavy atom. The molecule has 176 valence electrons. The first-order valence-corrected chi connectivity index (χ1v) is 13.9. The Kier molecular flexibility index (Phi) is 9.58. The molecule has 0 amide bonds. The van der Waals surface area contributed by atoms with Crippen LogP contribution in [-0.2, 0) is 24.5 Å². The van der Waals surface area contributed by atoms with Crippen LogP contribution in [-0.4, -0.2) is 56.0 Å². The molecule has 0 aromatic heterocycles. The van der Waals surface area contributed by atoms with Crippen molar-refractivity contribution < 1.29 is 21.6 Å². The summed E-state index contributed by atoms with van der Waals surface area (Å²) in [6.07, 6.45) is 12.7. The first kappa shape index (κ1) is 27.6. The Balaban J connectivity index is 0.000000284. The predicted molar refractivity (Wildman–Crippen MR) is 122 cm³/mol. The van der Waals surface area contributed by atoms with Crippen LogP contribution < -0.4 is 5.73 Å². The summed E-state index contributed by atoms with van der Waals surface area (Å²) in [7, 11) is -5.78. The first-order chi connectivity index (χ1) is 13.2. The highest BCUT2D eigenvalue weighted by molar-refractivity contribution is 7.93. The van der Waals surface area contributed by atoms with Gasteiger partial charge in [0.1, 0.15) is 0 Å². The Morgan fingerprint density at radius 3 is 1.53 bits per heavy atom. The molecule has 2 aliphatic carbocycles. The molecule has 2 heterocycles. The van der Waals surface area contributed by atoms with Crippen molar-refractivity contribution in [1.82, 2.24) is 0 Å². The maximum Gasteiger partial charge on any atom is 0.235 e. The zero-order valence-corrected chi connectivity index (χ0v) is 19.3. The maximum atomic E-state index is 11.6. The molecule has 7 nitrogen and oxygen atoms in total. The van der Waals surface area contributed by atoms with Crippen LogP contribution in [0.3, 0.4) is 0 Å². The Labute approximate surface area is 187 Å². The minimum Gasteiger partial charge on any atom is -0.324 e. The van der Waals surface area contributed by atoms with E-state index in [-0.39, 0.29) is 36.4 Å². The highest BCUT2D eigenvalue weighted by atomic mass is 35.5. The van der Waals surface area contributed by atoms with Gasteiger partial charge in [-0.15, -0.1) is 12.4 Å². The monoisotopic (exact) mass is 484 g/mol. The van der Waals surface area contributed by atoms with Crippen molar-refractivity contribution in [1.29, 1.82) is 0 Å². The fraction of sp³-hybridized carbons (Fsp3) is 0.950. The number of isocyanates is 1. The van der Waals surface area contributed by atoms with Crippen molar-refractivity contribution in [2.24, 2.45) is 10.7 Å². The normalized spacial score (nSPS) is 32.0. The second kappa shape index (κ2) is 10.4. The molecule has 2 atom stereocenters. The lowest BCUT2D eigenvalue weighted by molar-refractivity contribution is 0.267. The van der Waals surface area contributed by atoms with Crippen LogP contribution in [0.15, 0.2) is 4.99 Å². The number of nitrogens with zero attached hydrogens (tertiary/aromatic N) is 1. The lowest BCUT2D eigenvalue weighted by Gasteiger charge is -2.44. The van der Waals surface area contributed by atoms with Crippen LogP contribution in [0.1, 0.15) is 84.5 Å². The summed E-state index contributed by atoms with van der Waals surface area (Å²) >= 11 is 0. The fourth-order valence-corrected chi connectivity index (χ4v) is 9.02. The maximum absolute atomic E-state index is 11.6. The number of sulfone groups is 2. The minimum atomic E-state index is -2.98. The summed E-state index contributed by atoms with van der Waals surface area (Å²) in [5.74, 6) is 0.615. The molecule has 30 heavy (non-hydrogen) atoms. The van der Waals surface area contributed by atoms with Gasteiger partial charge in [0.25, 0.3) is 0 Å². The number of halogens is 1. The number of hydrogen-bond donors (Lipinski definition) is 1.